The van der Waals surface area contributed by atoms with Crippen LogP contribution in [0.3, 0.4) is 0 Å². The summed E-state index contributed by atoms with van der Waals surface area (Å²) in [6, 6.07) is 6.12. The number of halogens is 1. The van der Waals surface area contributed by atoms with Gasteiger partial charge in [0.25, 0.3) is 0 Å². The Hall–Kier alpha value is -1.21. The molecule has 1 aromatic carbocycles. The summed E-state index contributed by atoms with van der Waals surface area (Å²) in [7, 11) is 0. The molecule has 6 heteroatoms. The van der Waals surface area contributed by atoms with Gasteiger partial charge >= 0.3 is 0 Å². The number of ether oxygens (including phenoxy) is 3. The molecule has 20 heavy (non-hydrogen) atoms. The number of hydrogen-bond acceptors (Lipinski definition) is 5. The van der Waals surface area contributed by atoms with E-state index in [9.17, 15) is 9.50 Å². The molecule has 0 aliphatic carbocycles. The summed E-state index contributed by atoms with van der Waals surface area (Å²) >= 11 is 0. The Morgan fingerprint density at radius 3 is 3.00 bits per heavy atom. The minimum Gasteiger partial charge on any atom is -0.488 e. The molecule has 0 aromatic heterocycles. The van der Waals surface area contributed by atoms with E-state index < -0.39 is 11.9 Å². The molecule has 0 spiro atoms. The van der Waals surface area contributed by atoms with E-state index in [0.717, 1.165) is 0 Å². The maximum Gasteiger partial charge on any atom is 0.165 e. The molecule has 5 nitrogen and oxygen atoms in total. The minimum atomic E-state index is -0.709. The molecule has 2 N–H and O–H groups in total. The molecular weight excluding hydrogens is 265 g/mol. The van der Waals surface area contributed by atoms with E-state index in [-0.39, 0.29) is 18.5 Å². The Balaban J connectivity index is 1.60. The van der Waals surface area contributed by atoms with Crippen LogP contribution in [0.4, 0.5) is 4.39 Å². The van der Waals surface area contributed by atoms with E-state index in [4.69, 9.17) is 14.2 Å². The van der Waals surface area contributed by atoms with Gasteiger partial charge in [-0.05, 0) is 12.1 Å². The predicted molar refractivity (Wildman–Crippen MR) is 71.3 cm³/mol. The van der Waals surface area contributed by atoms with E-state index in [0.29, 0.717) is 32.9 Å². The zero-order valence-electron chi connectivity index (χ0n) is 11.3. The molecule has 2 rings (SSSR count). The topological polar surface area (TPSA) is 60.0 Å². The average Bonchev–Trinajstić information content (AvgIpc) is 2.47. The fourth-order valence-electron chi connectivity index (χ4n) is 1.87. The van der Waals surface area contributed by atoms with Gasteiger partial charge in [0.2, 0.25) is 0 Å². The van der Waals surface area contributed by atoms with Crippen molar-refractivity contribution >= 4 is 0 Å². The van der Waals surface area contributed by atoms with Crippen molar-refractivity contribution in [2.24, 2.45) is 0 Å². The molecule has 0 saturated carbocycles. The van der Waals surface area contributed by atoms with E-state index >= 15 is 0 Å². The number of hydrogen-bond donors (Lipinski definition) is 2. The van der Waals surface area contributed by atoms with Gasteiger partial charge in [0.15, 0.2) is 11.6 Å². The molecule has 1 heterocycles. The van der Waals surface area contributed by atoms with E-state index in [1.165, 1.54) is 12.1 Å². The van der Waals surface area contributed by atoms with Crippen molar-refractivity contribution < 1.29 is 23.7 Å². The second-order valence-corrected chi connectivity index (χ2v) is 4.62. The van der Waals surface area contributed by atoms with Crippen LogP contribution in [0, 0.1) is 5.82 Å². The van der Waals surface area contributed by atoms with Gasteiger partial charge in [-0.2, -0.15) is 0 Å². The van der Waals surface area contributed by atoms with Crippen molar-refractivity contribution in [3.05, 3.63) is 30.1 Å². The van der Waals surface area contributed by atoms with Crippen LogP contribution in [0.25, 0.3) is 0 Å². The second kappa shape index (κ2) is 8.16. The third-order valence-electron chi connectivity index (χ3n) is 2.90. The van der Waals surface area contributed by atoms with Crippen molar-refractivity contribution in [1.29, 1.82) is 0 Å². The highest BCUT2D eigenvalue weighted by Crippen LogP contribution is 2.15. The van der Waals surface area contributed by atoms with Crippen LogP contribution in [0.2, 0.25) is 0 Å². The van der Waals surface area contributed by atoms with Crippen LogP contribution >= 0.6 is 0 Å². The number of nitrogens with one attached hydrogen (secondary N) is 1. The van der Waals surface area contributed by atoms with E-state index in [1.54, 1.807) is 12.1 Å². The van der Waals surface area contributed by atoms with Crippen molar-refractivity contribution in [3.8, 4) is 5.75 Å². The van der Waals surface area contributed by atoms with Gasteiger partial charge in [-0.3, -0.25) is 0 Å². The Morgan fingerprint density at radius 1 is 1.40 bits per heavy atom. The molecule has 2 atom stereocenters. The first kappa shape index (κ1) is 15.2. The van der Waals surface area contributed by atoms with Gasteiger partial charge in [-0.15, -0.1) is 0 Å². The Bertz CT molecular complexity index is 399. The van der Waals surface area contributed by atoms with Crippen LogP contribution in [-0.4, -0.2) is 56.8 Å². The maximum absolute atomic E-state index is 13.3. The summed E-state index contributed by atoms with van der Waals surface area (Å²) < 4.78 is 29.2. The molecular formula is C14H20FNO4. The summed E-state index contributed by atoms with van der Waals surface area (Å²) in [4.78, 5) is 0. The van der Waals surface area contributed by atoms with Crippen molar-refractivity contribution in [2.75, 3.05) is 39.5 Å². The fraction of sp³-hybridized carbons (Fsp3) is 0.571. The molecule has 2 unspecified atom stereocenters. The lowest BCUT2D eigenvalue weighted by Gasteiger charge is -2.23. The molecule has 1 aliphatic heterocycles. The van der Waals surface area contributed by atoms with Crippen LogP contribution < -0.4 is 10.1 Å². The lowest BCUT2D eigenvalue weighted by atomic mass is 10.3. The normalized spacial score (nSPS) is 20.6. The smallest absolute Gasteiger partial charge is 0.165 e. The Labute approximate surface area is 117 Å². The lowest BCUT2D eigenvalue weighted by Crippen LogP contribution is -2.41. The molecule has 1 aromatic rings. The van der Waals surface area contributed by atoms with E-state index in [2.05, 4.69) is 5.32 Å². The summed E-state index contributed by atoms with van der Waals surface area (Å²) in [5.41, 5.74) is 0. The molecule has 0 amide bonds. The lowest BCUT2D eigenvalue weighted by molar-refractivity contribution is -0.0869. The Kier molecular flexibility index (Phi) is 6.20. The number of para-hydroxylation sites is 1. The van der Waals surface area contributed by atoms with Gasteiger partial charge < -0.3 is 24.6 Å². The maximum atomic E-state index is 13.3. The monoisotopic (exact) mass is 285 g/mol. The fourth-order valence-corrected chi connectivity index (χ4v) is 1.87. The van der Waals surface area contributed by atoms with Gasteiger partial charge in [-0.1, -0.05) is 12.1 Å². The highest BCUT2D eigenvalue weighted by Gasteiger charge is 2.14. The van der Waals surface area contributed by atoms with E-state index in [1.807, 2.05) is 0 Å². The first-order valence-electron chi connectivity index (χ1n) is 6.71. The minimum absolute atomic E-state index is 0.0171. The number of rotatable bonds is 7. The second-order valence-electron chi connectivity index (χ2n) is 4.62. The van der Waals surface area contributed by atoms with Crippen molar-refractivity contribution in [1.82, 2.24) is 5.32 Å². The quantitative estimate of drug-likeness (QED) is 0.767. The van der Waals surface area contributed by atoms with Crippen LogP contribution in [0.15, 0.2) is 24.3 Å². The number of aliphatic hydroxyl groups excluding tert-OH is 1. The highest BCUT2D eigenvalue weighted by atomic mass is 19.1. The van der Waals surface area contributed by atoms with Crippen LogP contribution in [0.1, 0.15) is 0 Å². The van der Waals surface area contributed by atoms with Crippen molar-refractivity contribution in [3.63, 3.8) is 0 Å². The highest BCUT2D eigenvalue weighted by molar-refractivity contribution is 5.23. The summed E-state index contributed by atoms with van der Waals surface area (Å²) in [5.74, 6) is -0.282. The zero-order chi connectivity index (χ0) is 14.2. The number of benzene rings is 1. The molecule has 0 bridgehead atoms. The average molecular weight is 285 g/mol. The number of aliphatic hydroxyl groups is 1. The Morgan fingerprint density at radius 2 is 2.25 bits per heavy atom. The molecule has 1 aliphatic rings. The molecule has 1 saturated heterocycles. The summed E-state index contributed by atoms with van der Waals surface area (Å²) in [5, 5.41) is 12.8. The largest absolute Gasteiger partial charge is 0.488 e. The third kappa shape index (κ3) is 5.05. The van der Waals surface area contributed by atoms with Gasteiger partial charge in [0.1, 0.15) is 12.7 Å². The van der Waals surface area contributed by atoms with Gasteiger partial charge in [0.05, 0.1) is 25.9 Å². The van der Waals surface area contributed by atoms with Gasteiger partial charge in [0, 0.05) is 13.1 Å². The summed E-state index contributed by atoms with van der Waals surface area (Å²) in [6.07, 6.45) is -0.692. The van der Waals surface area contributed by atoms with Crippen LogP contribution in [-0.2, 0) is 9.47 Å². The molecule has 112 valence electrons. The zero-order valence-corrected chi connectivity index (χ0v) is 11.3. The first-order valence-corrected chi connectivity index (χ1v) is 6.71. The molecule has 0 radical (unpaired) electrons. The molecule has 1 fully saturated rings. The van der Waals surface area contributed by atoms with Crippen LogP contribution in [0.5, 0.6) is 5.75 Å². The third-order valence-corrected chi connectivity index (χ3v) is 2.90. The standard InChI is InChI=1S/C14H20FNO4/c15-13-3-1-2-4-14(13)20-9-11(17)7-16-8-12-10-18-5-6-19-12/h1-4,11-12,16-17H,5-10H2. The van der Waals surface area contributed by atoms with Crippen molar-refractivity contribution in [2.45, 2.75) is 12.2 Å². The predicted octanol–water partition coefficient (Wildman–Crippen LogP) is 0.570. The summed E-state index contributed by atoms with van der Waals surface area (Å²) in [6.45, 7) is 2.80. The SMILES string of the molecule is OC(CNCC1COCCO1)COc1ccccc1F. The van der Waals surface area contributed by atoms with Gasteiger partial charge in [-0.25, -0.2) is 4.39 Å². The first-order chi connectivity index (χ1) is 9.75.